The molecule has 0 unspecified atom stereocenters. The van der Waals surface area contributed by atoms with Gasteiger partial charge in [0.25, 0.3) is 5.91 Å². The number of carbonyl (C=O) groups excluding carboxylic acids is 1. The smallest absolute Gasteiger partial charge is 0.290 e. The molecule has 0 radical (unpaired) electrons. The Morgan fingerprint density at radius 2 is 1.84 bits per heavy atom. The number of hydrogen-bond acceptors (Lipinski definition) is 6. The number of rotatable bonds is 8. The number of methoxy groups -OCH3 is 2. The molecule has 4 rings (SSSR count). The van der Waals surface area contributed by atoms with Crippen molar-refractivity contribution in [1.82, 2.24) is 10.1 Å². The van der Waals surface area contributed by atoms with E-state index in [1.165, 1.54) is 18.4 Å². The first-order valence-electron chi connectivity index (χ1n) is 9.82. The van der Waals surface area contributed by atoms with Gasteiger partial charge in [0.05, 0.1) is 32.6 Å². The molecule has 0 aliphatic heterocycles. The zero-order valence-corrected chi connectivity index (χ0v) is 17.6. The Labute approximate surface area is 184 Å². The molecule has 1 amide bonds. The van der Waals surface area contributed by atoms with Gasteiger partial charge in [-0.2, -0.15) is 0 Å². The summed E-state index contributed by atoms with van der Waals surface area (Å²) < 4.78 is 34.8. The van der Waals surface area contributed by atoms with Gasteiger partial charge in [-0.05, 0) is 48.0 Å². The van der Waals surface area contributed by atoms with Gasteiger partial charge in [-0.3, -0.25) is 4.79 Å². The second kappa shape index (κ2) is 9.38. The van der Waals surface area contributed by atoms with Gasteiger partial charge in [0.2, 0.25) is 0 Å². The summed E-state index contributed by atoms with van der Waals surface area (Å²) in [7, 11) is 3.14. The van der Waals surface area contributed by atoms with Crippen LogP contribution in [0.2, 0.25) is 0 Å². The van der Waals surface area contributed by atoms with E-state index in [2.05, 4.69) is 5.16 Å². The van der Waals surface area contributed by atoms with Crippen molar-refractivity contribution in [3.8, 4) is 22.8 Å². The van der Waals surface area contributed by atoms with Crippen LogP contribution < -0.4 is 9.47 Å². The summed E-state index contributed by atoms with van der Waals surface area (Å²) in [5.41, 5.74) is 1.98. The number of benzene rings is 2. The number of halogens is 1. The van der Waals surface area contributed by atoms with Gasteiger partial charge in [-0.1, -0.05) is 17.3 Å². The fourth-order valence-corrected chi connectivity index (χ4v) is 3.28. The molecule has 0 aliphatic rings. The topological polar surface area (TPSA) is 77.9 Å². The molecule has 0 aliphatic carbocycles. The van der Waals surface area contributed by atoms with Gasteiger partial charge in [0.15, 0.2) is 11.5 Å². The quantitative estimate of drug-likeness (QED) is 0.390. The molecule has 0 saturated heterocycles. The molecule has 0 fully saturated rings. The lowest BCUT2D eigenvalue weighted by atomic mass is 10.1. The van der Waals surface area contributed by atoms with Gasteiger partial charge < -0.3 is 23.3 Å². The summed E-state index contributed by atoms with van der Waals surface area (Å²) in [4.78, 5) is 14.6. The summed E-state index contributed by atoms with van der Waals surface area (Å²) >= 11 is 0. The Kier molecular flexibility index (Phi) is 6.21. The third kappa shape index (κ3) is 4.64. The summed E-state index contributed by atoms with van der Waals surface area (Å²) in [6.45, 7) is 0.400. The molecule has 2 aromatic carbocycles. The van der Waals surface area contributed by atoms with Crippen LogP contribution in [0.3, 0.4) is 0 Å². The Morgan fingerprint density at radius 1 is 1.03 bits per heavy atom. The minimum atomic E-state index is -0.342. The predicted molar refractivity (Wildman–Crippen MR) is 114 cm³/mol. The molecule has 2 heterocycles. The molecule has 32 heavy (non-hydrogen) atoms. The van der Waals surface area contributed by atoms with Crippen LogP contribution in [0.25, 0.3) is 11.3 Å². The van der Waals surface area contributed by atoms with E-state index in [4.69, 9.17) is 18.4 Å². The molecule has 0 saturated carbocycles. The first-order valence-corrected chi connectivity index (χ1v) is 9.82. The van der Waals surface area contributed by atoms with E-state index in [0.29, 0.717) is 28.5 Å². The van der Waals surface area contributed by atoms with Gasteiger partial charge >= 0.3 is 0 Å². The van der Waals surface area contributed by atoms with E-state index < -0.39 is 0 Å². The van der Waals surface area contributed by atoms with Crippen molar-refractivity contribution in [1.29, 1.82) is 0 Å². The number of amides is 1. The number of aromatic nitrogens is 1. The maximum absolute atomic E-state index is 13.3. The summed E-state index contributed by atoms with van der Waals surface area (Å²) in [5.74, 6) is 1.26. The zero-order valence-electron chi connectivity index (χ0n) is 17.6. The van der Waals surface area contributed by atoms with Crippen LogP contribution in [0.15, 0.2) is 75.9 Å². The Bertz CT molecular complexity index is 1190. The molecule has 164 valence electrons. The number of nitrogens with zero attached hydrogens (tertiary/aromatic N) is 2. The Morgan fingerprint density at radius 3 is 2.53 bits per heavy atom. The lowest BCUT2D eigenvalue weighted by molar-refractivity contribution is 0.0694. The lowest BCUT2D eigenvalue weighted by Crippen LogP contribution is -2.30. The standard InChI is InChI=1S/C24H21FN2O5/c1-29-19-9-10-21(30-2)20(13-19)23-12-18(26-32-23)15-27(24(28)22-4-3-11-31-22)14-16-5-7-17(25)8-6-16/h3-13H,14-15H2,1-2H3. The monoisotopic (exact) mass is 436 g/mol. The average Bonchev–Trinajstić information content (AvgIpc) is 3.52. The molecule has 0 atom stereocenters. The van der Waals surface area contributed by atoms with Gasteiger partial charge in [0, 0.05) is 12.6 Å². The van der Waals surface area contributed by atoms with Crippen LogP contribution in [0.4, 0.5) is 4.39 Å². The summed E-state index contributed by atoms with van der Waals surface area (Å²) in [5, 5.41) is 4.13. The molecule has 2 aromatic heterocycles. The van der Waals surface area contributed by atoms with Crippen LogP contribution in [-0.4, -0.2) is 30.2 Å². The number of ether oxygens (including phenoxy) is 2. The Hall–Kier alpha value is -4.07. The van der Waals surface area contributed by atoms with E-state index in [1.807, 2.05) is 0 Å². The van der Waals surface area contributed by atoms with Crippen molar-refractivity contribution < 1.29 is 27.6 Å². The van der Waals surface area contributed by atoms with Crippen LogP contribution in [0, 0.1) is 5.82 Å². The maximum atomic E-state index is 13.3. The van der Waals surface area contributed by atoms with E-state index in [9.17, 15) is 9.18 Å². The third-order valence-corrected chi connectivity index (χ3v) is 4.89. The largest absolute Gasteiger partial charge is 0.497 e. The van der Waals surface area contributed by atoms with Gasteiger partial charge in [0.1, 0.15) is 23.0 Å². The normalized spacial score (nSPS) is 10.7. The lowest BCUT2D eigenvalue weighted by Gasteiger charge is -2.20. The van der Waals surface area contributed by atoms with Crippen LogP contribution in [-0.2, 0) is 13.1 Å². The van der Waals surface area contributed by atoms with Gasteiger partial charge in [-0.25, -0.2) is 4.39 Å². The third-order valence-electron chi connectivity index (χ3n) is 4.89. The first kappa shape index (κ1) is 21.2. The van der Waals surface area contributed by atoms with Crippen molar-refractivity contribution in [2.45, 2.75) is 13.1 Å². The molecule has 0 bridgehead atoms. The molecule has 8 heteroatoms. The van der Waals surface area contributed by atoms with Gasteiger partial charge in [-0.15, -0.1) is 0 Å². The highest BCUT2D eigenvalue weighted by Gasteiger charge is 2.22. The van der Waals surface area contributed by atoms with Crippen molar-refractivity contribution in [2.24, 2.45) is 0 Å². The van der Waals surface area contributed by atoms with Crippen molar-refractivity contribution in [3.05, 3.63) is 89.8 Å². The predicted octanol–water partition coefficient (Wildman–Crippen LogP) is 4.93. The van der Waals surface area contributed by atoms with E-state index >= 15 is 0 Å². The fraction of sp³-hybridized carbons (Fsp3) is 0.167. The number of hydrogen-bond donors (Lipinski definition) is 0. The van der Waals surface area contributed by atoms with Crippen molar-refractivity contribution >= 4 is 5.91 Å². The van der Waals surface area contributed by atoms with Crippen molar-refractivity contribution in [3.63, 3.8) is 0 Å². The molecule has 4 aromatic rings. The van der Waals surface area contributed by atoms with Crippen LogP contribution >= 0.6 is 0 Å². The molecule has 7 nitrogen and oxygen atoms in total. The summed E-state index contributed by atoms with van der Waals surface area (Å²) in [6.07, 6.45) is 1.44. The minimum Gasteiger partial charge on any atom is -0.497 e. The summed E-state index contributed by atoms with van der Waals surface area (Å²) in [6, 6.07) is 16.3. The second-order valence-electron chi connectivity index (χ2n) is 7.01. The van der Waals surface area contributed by atoms with Crippen molar-refractivity contribution in [2.75, 3.05) is 14.2 Å². The first-order chi connectivity index (χ1) is 15.6. The average molecular weight is 436 g/mol. The number of furan rings is 1. The highest BCUT2D eigenvalue weighted by atomic mass is 19.1. The molecule has 0 N–H and O–H groups in total. The maximum Gasteiger partial charge on any atom is 0.290 e. The zero-order chi connectivity index (χ0) is 22.5. The van der Waals surface area contributed by atoms with Crippen LogP contribution in [0.1, 0.15) is 21.8 Å². The SMILES string of the molecule is COc1ccc(OC)c(-c2cc(CN(Cc3ccc(F)cc3)C(=O)c3ccco3)no2)c1. The van der Waals surface area contributed by atoms with E-state index in [0.717, 1.165) is 5.56 Å². The van der Waals surface area contributed by atoms with E-state index in [1.54, 1.807) is 67.7 Å². The molecule has 0 spiro atoms. The van der Waals surface area contributed by atoms with Crippen LogP contribution in [0.5, 0.6) is 11.5 Å². The number of carbonyl (C=O) groups is 1. The fourth-order valence-electron chi connectivity index (χ4n) is 3.28. The highest BCUT2D eigenvalue weighted by Crippen LogP contribution is 2.34. The minimum absolute atomic E-state index is 0.159. The second-order valence-corrected chi connectivity index (χ2v) is 7.01. The highest BCUT2D eigenvalue weighted by molar-refractivity contribution is 5.91. The molecular formula is C24H21FN2O5. The van der Waals surface area contributed by atoms with E-state index in [-0.39, 0.29) is 30.6 Å². The molecular weight excluding hydrogens is 415 g/mol. The Balaban J connectivity index is 1.61.